The third-order valence-corrected chi connectivity index (χ3v) is 7.79. The molecule has 8 nitrogen and oxygen atoms in total. The van der Waals surface area contributed by atoms with Crippen LogP contribution in [0.5, 0.6) is 0 Å². The van der Waals surface area contributed by atoms with Crippen molar-refractivity contribution in [1.29, 1.82) is 0 Å². The average Bonchev–Trinajstić information content (AvgIpc) is 3.59. The zero-order valence-electron chi connectivity index (χ0n) is 24.3. The fraction of sp³-hybridized carbons (Fsp3) is 0.176. The molecule has 5 heterocycles. The molecule has 43 heavy (non-hydrogen) atoms. The van der Waals surface area contributed by atoms with Crippen LogP contribution in [0.2, 0.25) is 0 Å². The molecule has 3 aromatic heterocycles. The quantitative estimate of drug-likeness (QED) is 0.219. The predicted molar refractivity (Wildman–Crippen MR) is 167 cm³/mol. The molecule has 8 bridgehead atoms. The smallest absolute Gasteiger partial charge is 0.657 e. The fourth-order valence-corrected chi connectivity index (χ4v) is 5.40. The second-order valence-corrected chi connectivity index (χ2v) is 10.3. The summed E-state index contributed by atoms with van der Waals surface area (Å²) in [6.07, 6.45) is 6.36. The summed E-state index contributed by atoms with van der Waals surface area (Å²) >= 11 is 0. The van der Waals surface area contributed by atoms with Gasteiger partial charge in [0.1, 0.15) is 0 Å². The molecule has 0 saturated heterocycles. The molecule has 0 atom stereocenters. The van der Waals surface area contributed by atoms with Gasteiger partial charge in [0.25, 0.3) is 0 Å². The third kappa shape index (κ3) is 5.82. The van der Waals surface area contributed by atoms with Gasteiger partial charge in [0.2, 0.25) is 0 Å². The molecule has 218 valence electrons. The first-order chi connectivity index (χ1) is 20.0. The van der Waals surface area contributed by atoms with Gasteiger partial charge < -0.3 is 20.2 Å². The monoisotopic (exact) mass is 614 g/mol. The number of aliphatic carboxylic acids is 2. The summed E-state index contributed by atoms with van der Waals surface area (Å²) in [5, 5.41) is 18.8. The van der Waals surface area contributed by atoms with Crippen LogP contribution in [0, 0.1) is 13.8 Å². The molecule has 2 aliphatic rings. The van der Waals surface area contributed by atoms with Crippen LogP contribution >= 0.6 is 0 Å². The molecule has 0 spiro atoms. The molecule has 2 aliphatic heterocycles. The fourth-order valence-electron chi connectivity index (χ4n) is 5.40. The second-order valence-electron chi connectivity index (χ2n) is 10.3. The number of hydrogen-bond donors (Lipinski definition) is 2. The summed E-state index contributed by atoms with van der Waals surface area (Å²) < 4.78 is 0. The van der Waals surface area contributed by atoms with Gasteiger partial charge in [-0.15, -0.1) is 22.1 Å². The summed E-state index contributed by atoms with van der Waals surface area (Å²) in [6.45, 7) is 15.8. The summed E-state index contributed by atoms with van der Waals surface area (Å²) in [5.41, 5.74) is 12.0. The van der Waals surface area contributed by atoms with E-state index in [0.29, 0.717) is 33.5 Å². The molecule has 0 aromatic carbocycles. The number of rotatable bonds is 7. The van der Waals surface area contributed by atoms with Crippen molar-refractivity contribution in [2.24, 2.45) is 0 Å². The van der Waals surface area contributed by atoms with Gasteiger partial charge in [-0.2, -0.15) is 0 Å². The van der Waals surface area contributed by atoms with Gasteiger partial charge in [-0.25, -0.2) is 14.8 Å². The van der Waals surface area contributed by atoms with Crippen LogP contribution < -0.4 is 9.97 Å². The number of fused-ring (bicyclic) bond motifs is 8. The van der Waals surface area contributed by atoms with E-state index in [4.69, 9.17) is 19.9 Å². The van der Waals surface area contributed by atoms with Crippen molar-refractivity contribution in [2.45, 2.75) is 40.5 Å². The Morgan fingerprint density at radius 3 is 1.91 bits per heavy atom. The number of aryl methyl sites for hydroxylation is 2. The van der Waals surface area contributed by atoms with E-state index in [2.05, 4.69) is 13.2 Å². The Hall–Kier alpha value is -4.72. The molecule has 3 aromatic rings. The Labute approximate surface area is 259 Å². The topological polar surface area (TPSA) is 129 Å². The Balaban J connectivity index is 0.00000423. The molecular weight excluding hydrogens is 584 g/mol. The minimum Gasteiger partial charge on any atom is -0.657 e. The van der Waals surface area contributed by atoms with E-state index in [-0.39, 0.29) is 29.9 Å². The van der Waals surface area contributed by atoms with Gasteiger partial charge in [-0.1, -0.05) is 60.7 Å². The summed E-state index contributed by atoms with van der Waals surface area (Å²) in [4.78, 5) is 42.5. The zero-order valence-corrected chi connectivity index (χ0v) is 25.4. The van der Waals surface area contributed by atoms with E-state index in [0.717, 1.165) is 62.0 Å². The van der Waals surface area contributed by atoms with Crippen molar-refractivity contribution >= 4 is 68.4 Å². The minimum absolute atomic E-state index is 0. The number of aromatic nitrogens is 4. The van der Waals surface area contributed by atoms with Crippen molar-refractivity contribution in [1.82, 2.24) is 19.9 Å². The Bertz CT molecular complexity index is 1970. The molecule has 2 N–H and O–H groups in total. The number of allylic oxidation sites excluding steroid dienone is 5. The van der Waals surface area contributed by atoms with Gasteiger partial charge in [0.15, 0.2) is 0 Å². The number of hydrogen-bond acceptors (Lipinski definition) is 4. The molecule has 5 rings (SSSR count). The number of carbonyl (C=O) groups is 2. The van der Waals surface area contributed by atoms with Crippen LogP contribution in [-0.2, 0) is 26.7 Å². The van der Waals surface area contributed by atoms with Crippen LogP contribution in [0.4, 0.5) is 0 Å². The van der Waals surface area contributed by atoms with E-state index >= 15 is 0 Å². The maximum atomic E-state index is 11.5. The largest absolute Gasteiger partial charge is 2.00 e. The van der Waals surface area contributed by atoms with Crippen molar-refractivity contribution in [2.75, 3.05) is 0 Å². The second kappa shape index (κ2) is 12.3. The maximum Gasteiger partial charge on any atom is 2.00 e. The van der Waals surface area contributed by atoms with Gasteiger partial charge in [-0.3, -0.25) is 4.79 Å². The Kier molecular flexibility index (Phi) is 8.90. The van der Waals surface area contributed by atoms with Gasteiger partial charge in [0.05, 0.1) is 22.8 Å². The minimum atomic E-state index is -1.08. The summed E-state index contributed by atoms with van der Waals surface area (Å²) in [6, 6.07) is 7.51. The van der Waals surface area contributed by atoms with E-state index in [1.165, 1.54) is 6.08 Å². The van der Waals surface area contributed by atoms with Crippen molar-refractivity contribution in [3.05, 3.63) is 94.6 Å². The molecule has 0 amide bonds. The molecule has 0 radical (unpaired) electrons. The van der Waals surface area contributed by atoms with Crippen LogP contribution in [0.3, 0.4) is 0 Å². The molecule has 0 saturated carbocycles. The van der Waals surface area contributed by atoms with E-state index in [1.54, 1.807) is 18.2 Å². The summed E-state index contributed by atoms with van der Waals surface area (Å²) in [7, 11) is 0. The van der Waals surface area contributed by atoms with Crippen molar-refractivity contribution in [3.8, 4) is 0 Å². The normalized spacial score (nSPS) is 12.9. The standard InChI is InChI=1S/C34H32N4O4.Fe/c1-7-21-17(3)25-13-26-19(5)23(9-11-33(39)40)31(37-26)16-32-24(10-12-34(41)42)20(6)28(38-32)15-30-22(8-2)18(4)27(36-30)14-29(21)35-25;/h7-9,11,13-16H,1-2,10,12H2,3-6H3,(H4,35,36,37,38,39,40,41,42);/q;+2/p-2/b11-9+,25-13?,26-13?,27-14?,28-15?,29-14?,30-15?,31-16?,32-16?;. The maximum absolute atomic E-state index is 11.5. The number of nitrogens with zero attached hydrogens (tertiary/aromatic N) is 4. The predicted octanol–water partition coefficient (Wildman–Crippen LogP) is 6.84. The first kappa shape index (κ1) is 31.2. The first-order valence-electron chi connectivity index (χ1n) is 13.5. The molecule has 9 heteroatoms. The van der Waals surface area contributed by atoms with E-state index < -0.39 is 11.9 Å². The number of carboxylic acid groups (broad SMARTS) is 2. The Morgan fingerprint density at radius 1 is 0.767 bits per heavy atom. The van der Waals surface area contributed by atoms with Gasteiger partial charge in [0, 0.05) is 18.1 Å². The van der Waals surface area contributed by atoms with Crippen molar-refractivity contribution < 1.29 is 36.9 Å². The Morgan fingerprint density at radius 2 is 1.30 bits per heavy atom. The number of carboxylic acids is 2. The van der Waals surface area contributed by atoms with Gasteiger partial charge in [-0.05, 0) is 68.0 Å². The van der Waals surface area contributed by atoms with Crippen LogP contribution in [0.15, 0.2) is 49.6 Å². The van der Waals surface area contributed by atoms with Crippen LogP contribution in [0.1, 0.15) is 71.7 Å². The molecule has 0 fully saturated rings. The van der Waals surface area contributed by atoms with Gasteiger partial charge >= 0.3 is 29.0 Å². The first-order valence-corrected chi connectivity index (χ1v) is 13.5. The third-order valence-electron chi connectivity index (χ3n) is 7.79. The van der Waals surface area contributed by atoms with E-state index in [1.807, 2.05) is 45.9 Å². The molecule has 0 unspecified atom stereocenters. The van der Waals surface area contributed by atoms with Crippen LogP contribution in [-0.4, -0.2) is 32.1 Å². The SMILES string of the molecule is C=CC1=C(C)c2cc3[n-]c(cc4nc(cc5[n-]c(cc1n2)c(C)c5C=C)C(C)=C4CCC(=O)O)c(/C=C/C(=O)O)c3C.[Fe+2]. The molecular formula is C34H30FeN4O4. The van der Waals surface area contributed by atoms with Crippen LogP contribution in [0.25, 0.3) is 56.5 Å². The summed E-state index contributed by atoms with van der Waals surface area (Å²) in [5.74, 6) is -1.99. The zero-order chi connectivity index (χ0) is 30.3. The molecule has 0 aliphatic carbocycles. The average molecular weight is 614 g/mol. The van der Waals surface area contributed by atoms with E-state index in [9.17, 15) is 19.8 Å². The van der Waals surface area contributed by atoms with Crippen molar-refractivity contribution in [3.63, 3.8) is 0 Å².